The van der Waals surface area contributed by atoms with Gasteiger partial charge in [0.2, 0.25) is 5.91 Å². The van der Waals surface area contributed by atoms with Crippen molar-refractivity contribution < 1.29 is 14.3 Å². The molecule has 25 heavy (non-hydrogen) atoms. The second kappa shape index (κ2) is 8.28. The number of ether oxygens (including phenoxy) is 1. The van der Waals surface area contributed by atoms with Crippen molar-refractivity contribution in [3.8, 4) is 0 Å². The van der Waals surface area contributed by atoms with E-state index < -0.39 is 17.1 Å². The normalized spacial score (nSPS) is 11.8. The molecule has 0 aliphatic heterocycles. The van der Waals surface area contributed by atoms with Crippen molar-refractivity contribution in [2.75, 3.05) is 0 Å². The third-order valence-electron chi connectivity index (χ3n) is 3.16. The molecule has 7 heteroatoms. The molecule has 1 aromatic rings. The summed E-state index contributed by atoms with van der Waals surface area (Å²) in [4.78, 5) is 23.8. The van der Waals surface area contributed by atoms with Gasteiger partial charge in [-0.2, -0.15) is 0 Å². The molecule has 0 radical (unpaired) electrons. The first-order valence-corrected chi connectivity index (χ1v) is 8.77. The van der Waals surface area contributed by atoms with E-state index in [9.17, 15) is 9.59 Å². The Morgan fingerprint density at radius 1 is 0.920 bits per heavy atom. The van der Waals surface area contributed by atoms with Crippen molar-refractivity contribution in [2.45, 2.75) is 60.2 Å². The monoisotopic (exact) mass is 388 g/mol. The van der Waals surface area contributed by atoms with Crippen molar-refractivity contribution in [2.24, 2.45) is 5.41 Å². The third kappa shape index (κ3) is 7.53. The Labute approximate surface area is 159 Å². The molecule has 0 fully saturated rings. The average Bonchev–Trinajstić information content (AvgIpc) is 2.42. The van der Waals surface area contributed by atoms with E-state index >= 15 is 0 Å². The van der Waals surface area contributed by atoms with Gasteiger partial charge in [-0.1, -0.05) is 44.0 Å². The van der Waals surface area contributed by atoms with Gasteiger partial charge in [0.05, 0.1) is 0 Å². The Balaban J connectivity index is 2.79. The van der Waals surface area contributed by atoms with Crippen LogP contribution in [-0.2, 0) is 22.6 Å². The highest BCUT2D eigenvalue weighted by molar-refractivity contribution is 6.35. The molecule has 2 amide bonds. The zero-order chi connectivity index (χ0) is 19.4. The van der Waals surface area contributed by atoms with Crippen LogP contribution in [0.25, 0.3) is 0 Å². The molecule has 1 rings (SSSR count). The van der Waals surface area contributed by atoms with E-state index in [1.54, 1.807) is 32.9 Å². The first kappa shape index (κ1) is 21.6. The Morgan fingerprint density at radius 2 is 1.40 bits per heavy atom. The predicted octanol–water partition coefficient (Wildman–Crippen LogP) is 4.68. The highest BCUT2D eigenvalue weighted by atomic mass is 35.5. The summed E-state index contributed by atoms with van der Waals surface area (Å²) >= 11 is 12.4. The number of benzene rings is 1. The molecule has 2 N–H and O–H groups in total. The quantitative estimate of drug-likeness (QED) is 0.786. The van der Waals surface area contributed by atoms with Crippen molar-refractivity contribution in [3.63, 3.8) is 0 Å². The van der Waals surface area contributed by atoms with Gasteiger partial charge in [0.1, 0.15) is 5.60 Å². The van der Waals surface area contributed by atoms with Gasteiger partial charge in [0.25, 0.3) is 0 Å². The maximum atomic E-state index is 12.0. The summed E-state index contributed by atoms with van der Waals surface area (Å²) in [6, 6.07) is 3.37. The lowest BCUT2D eigenvalue weighted by Crippen LogP contribution is -2.34. The highest BCUT2D eigenvalue weighted by Gasteiger charge is 2.21. The van der Waals surface area contributed by atoms with Gasteiger partial charge in [-0.05, 0) is 44.0 Å². The fourth-order valence-electron chi connectivity index (χ4n) is 1.84. The van der Waals surface area contributed by atoms with E-state index in [4.69, 9.17) is 27.9 Å². The van der Waals surface area contributed by atoms with Crippen molar-refractivity contribution in [1.29, 1.82) is 0 Å². The molecule has 0 saturated heterocycles. The van der Waals surface area contributed by atoms with E-state index in [2.05, 4.69) is 10.6 Å². The lowest BCUT2D eigenvalue weighted by Gasteiger charge is -2.20. The third-order valence-corrected chi connectivity index (χ3v) is 3.86. The molecule has 0 heterocycles. The molecule has 0 bridgehead atoms. The molecule has 0 unspecified atom stereocenters. The van der Waals surface area contributed by atoms with E-state index in [1.165, 1.54) is 0 Å². The van der Waals surface area contributed by atoms with Gasteiger partial charge >= 0.3 is 6.09 Å². The number of halogens is 2. The van der Waals surface area contributed by atoms with Gasteiger partial charge in [-0.3, -0.25) is 4.79 Å². The smallest absolute Gasteiger partial charge is 0.407 e. The average molecular weight is 389 g/mol. The number of alkyl carbamates (subject to hydrolysis) is 1. The summed E-state index contributed by atoms with van der Waals surface area (Å²) in [5, 5.41) is 6.40. The molecule has 0 atom stereocenters. The van der Waals surface area contributed by atoms with Crippen LogP contribution in [0.4, 0.5) is 4.79 Å². The summed E-state index contributed by atoms with van der Waals surface area (Å²) in [5.41, 5.74) is 0.359. The molecule has 0 spiro atoms. The highest BCUT2D eigenvalue weighted by Crippen LogP contribution is 2.26. The van der Waals surface area contributed by atoms with Gasteiger partial charge in [0, 0.05) is 28.5 Å². The number of hydrogen-bond donors (Lipinski definition) is 2. The van der Waals surface area contributed by atoms with E-state index in [1.807, 2.05) is 20.8 Å². The summed E-state index contributed by atoms with van der Waals surface area (Å²) in [5.74, 6) is -0.0769. The molecule has 5 nitrogen and oxygen atoms in total. The maximum Gasteiger partial charge on any atom is 0.407 e. The second-order valence-corrected chi connectivity index (χ2v) is 8.64. The summed E-state index contributed by atoms with van der Waals surface area (Å²) in [6.45, 7) is 11.4. The number of nitrogens with one attached hydrogen (secondary N) is 2. The van der Waals surface area contributed by atoms with Gasteiger partial charge < -0.3 is 15.4 Å². The minimum Gasteiger partial charge on any atom is -0.444 e. The van der Waals surface area contributed by atoms with Crippen LogP contribution in [-0.4, -0.2) is 17.6 Å². The SMILES string of the molecule is CC(C)(C)OC(=O)NCc1cc(CNC(=O)C(C)(C)C)c(Cl)cc1Cl. The molecule has 140 valence electrons. The van der Waals surface area contributed by atoms with Crippen molar-refractivity contribution in [3.05, 3.63) is 33.3 Å². The lowest BCUT2D eigenvalue weighted by molar-refractivity contribution is -0.128. The van der Waals surface area contributed by atoms with Crippen molar-refractivity contribution >= 4 is 35.2 Å². The van der Waals surface area contributed by atoms with Crippen LogP contribution in [0.3, 0.4) is 0 Å². The Kier molecular flexibility index (Phi) is 7.15. The van der Waals surface area contributed by atoms with Crippen molar-refractivity contribution in [1.82, 2.24) is 10.6 Å². The molecule has 0 saturated carbocycles. The first-order chi connectivity index (χ1) is 11.3. The van der Waals surface area contributed by atoms with Crippen LogP contribution in [0.1, 0.15) is 52.7 Å². The molecular formula is C18H26Cl2N2O3. The van der Waals surface area contributed by atoms with E-state index in [0.717, 1.165) is 5.56 Å². The molecular weight excluding hydrogens is 363 g/mol. The Morgan fingerprint density at radius 3 is 1.84 bits per heavy atom. The fraction of sp³-hybridized carbons (Fsp3) is 0.556. The number of hydrogen-bond acceptors (Lipinski definition) is 3. The number of rotatable bonds is 4. The van der Waals surface area contributed by atoms with E-state index in [0.29, 0.717) is 15.6 Å². The van der Waals surface area contributed by atoms with Gasteiger partial charge in [0.15, 0.2) is 0 Å². The molecule has 0 aromatic heterocycles. The van der Waals surface area contributed by atoms with Gasteiger partial charge in [-0.25, -0.2) is 4.79 Å². The zero-order valence-electron chi connectivity index (χ0n) is 15.5. The number of carbonyl (C=O) groups is 2. The fourth-order valence-corrected chi connectivity index (χ4v) is 2.35. The number of carbonyl (C=O) groups excluding carboxylic acids is 2. The second-order valence-electron chi connectivity index (χ2n) is 7.82. The zero-order valence-corrected chi connectivity index (χ0v) is 17.1. The van der Waals surface area contributed by atoms with Crippen LogP contribution < -0.4 is 10.6 Å². The maximum absolute atomic E-state index is 12.0. The minimum atomic E-state index is -0.573. The standard InChI is InChI=1S/C18H26Cl2N2O3/c1-17(2,3)15(23)21-9-11-7-12(14(20)8-13(11)19)10-22-16(24)25-18(4,5)6/h7-8H,9-10H2,1-6H3,(H,21,23)(H,22,24). The molecule has 0 aliphatic rings. The topological polar surface area (TPSA) is 67.4 Å². The van der Waals surface area contributed by atoms with Crippen LogP contribution in [0.15, 0.2) is 12.1 Å². The number of amides is 2. The summed E-state index contributed by atoms with van der Waals surface area (Å²) in [7, 11) is 0. The van der Waals surface area contributed by atoms with E-state index in [-0.39, 0.29) is 19.0 Å². The van der Waals surface area contributed by atoms with Gasteiger partial charge in [-0.15, -0.1) is 0 Å². The molecule has 1 aromatic carbocycles. The summed E-state index contributed by atoms with van der Waals surface area (Å²) < 4.78 is 5.19. The largest absolute Gasteiger partial charge is 0.444 e. The van der Waals surface area contributed by atoms with Crippen LogP contribution >= 0.6 is 23.2 Å². The van der Waals surface area contributed by atoms with Crippen LogP contribution in [0.5, 0.6) is 0 Å². The lowest BCUT2D eigenvalue weighted by atomic mass is 9.95. The summed E-state index contributed by atoms with van der Waals surface area (Å²) in [6.07, 6.45) is -0.527. The Bertz CT molecular complexity index is 647. The molecule has 0 aliphatic carbocycles. The minimum absolute atomic E-state index is 0.0769. The first-order valence-electron chi connectivity index (χ1n) is 8.01. The van der Waals surface area contributed by atoms with Crippen LogP contribution in [0, 0.1) is 5.41 Å². The Hall–Kier alpha value is -1.46. The van der Waals surface area contributed by atoms with Crippen LogP contribution in [0.2, 0.25) is 10.0 Å². The predicted molar refractivity (Wildman–Crippen MR) is 101 cm³/mol.